The van der Waals surface area contributed by atoms with Crippen LogP contribution in [0.3, 0.4) is 0 Å². The number of carbonyl (C=O) groups excluding carboxylic acids is 1. The van der Waals surface area contributed by atoms with Crippen molar-refractivity contribution in [1.82, 2.24) is 20.7 Å². The third-order valence-corrected chi connectivity index (χ3v) is 3.85. The van der Waals surface area contributed by atoms with E-state index in [0.717, 1.165) is 23.9 Å². The van der Waals surface area contributed by atoms with Crippen LogP contribution in [0.2, 0.25) is 0 Å². The highest BCUT2D eigenvalue weighted by Crippen LogP contribution is 2.23. The maximum absolute atomic E-state index is 12.2. The fraction of sp³-hybridized carbons (Fsp3) is 0.500. The minimum Gasteiger partial charge on any atom is -0.349 e. The summed E-state index contributed by atoms with van der Waals surface area (Å²) >= 11 is 0. The van der Waals surface area contributed by atoms with Crippen molar-refractivity contribution in [1.29, 1.82) is 0 Å². The molecule has 0 saturated heterocycles. The molecule has 2 atom stereocenters. The third-order valence-electron chi connectivity index (χ3n) is 3.85. The van der Waals surface area contributed by atoms with Crippen LogP contribution in [-0.4, -0.2) is 27.4 Å². The molecule has 1 aromatic heterocycles. The molecule has 1 heterocycles. The smallest absolute Gasteiger partial charge is 0.251 e. The van der Waals surface area contributed by atoms with Gasteiger partial charge in [-0.05, 0) is 37.0 Å². The molecule has 0 bridgehead atoms. The maximum atomic E-state index is 12.2. The minimum absolute atomic E-state index is 0.0102. The molecule has 5 heteroatoms. The van der Waals surface area contributed by atoms with Gasteiger partial charge in [-0.1, -0.05) is 19.8 Å². The van der Waals surface area contributed by atoms with Gasteiger partial charge in [-0.15, -0.1) is 0 Å². The Balaban J connectivity index is 1.72. The van der Waals surface area contributed by atoms with Crippen LogP contribution in [0.15, 0.2) is 18.2 Å². The Morgan fingerprint density at radius 1 is 1.32 bits per heavy atom. The van der Waals surface area contributed by atoms with Crippen molar-refractivity contribution < 1.29 is 4.79 Å². The van der Waals surface area contributed by atoms with Gasteiger partial charge in [0, 0.05) is 11.6 Å². The fourth-order valence-corrected chi connectivity index (χ4v) is 2.82. The zero-order valence-electron chi connectivity index (χ0n) is 11.0. The Hall–Kier alpha value is -1.91. The maximum Gasteiger partial charge on any atom is 0.251 e. The highest BCUT2D eigenvalue weighted by molar-refractivity contribution is 5.97. The predicted molar refractivity (Wildman–Crippen MR) is 72.8 cm³/mol. The lowest BCUT2D eigenvalue weighted by Crippen LogP contribution is -2.37. The van der Waals surface area contributed by atoms with Gasteiger partial charge < -0.3 is 5.32 Å². The highest BCUT2D eigenvalue weighted by atomic mass is 16.1. The summed E-state index contributed by atoms with van der Waals surface area (Å²) in [7, 11) is 0. The molecule has 1 saturated carbocycles. The van der Waals surface area contributed by atoms with Gasteiger partial charge in [-0.2, -0.15) is 15.4 Å². The Bertz CT molecular complexity index is 592. The molecule has 2 aromatic rings. The monoisotopic (exact) mass is 258 g/mol. The van der Waals surface area contributed by atoms with Gasteiger partial charge in [0.05, 0.1) is 0 Å². The topological polar surface area (TPSA) is 70.7 Å². The highest BCUT2D eigenvalue weighted by Gasteiger charge is 2.21. The van der Waals surface area contributed by atoms with Crippen molar-refractivity contribution in [2.45, 2.75) is 38.6 Å². The van der Waals surface area contributed by atoms with Crippen molar-refractivity contribution >= 4 is 16.9 Å². The molecule has 2 N–H and O–H groups in total. The van der Waals surface area contributed by atoms with Gasteiger partial charge in [-0.25, -0.2) is 0 Å². The van der Waals surface area contributed by atoms with Crippen LogP contribution in [0.25, 0.3) is 11.0 Å². The number of aromatic nitrogens is 3. The summed E-state index contributed by atoms with van der Waals surface area (Å²) in [5, 5.41) is 13.7. The molecule has 0 spiro atoms. The number of nitrogens with zero attached hydrogens (tertiary/aromatic N) is 2. The number of H-pyrrole nitrogens is 1. The van der Waals surface area contributed by atoms with E-state index in [1.165, 1.54) is 12.8 Å². The van der Waals surface area contributed by atoms with E-state index in [2.05, 4.69) is 27.7 Å². The lowest BCUT2D eigenvalue weighted by molar-refractivity contribution is 0.0921. The largest absolute Gasteiger partial charge is 0.349 e. The number of rotatable bonds is 2. The quantitative estimate of drug-likeness (QED) is 0.868. The average molecular weight is 258 g/mol. The number of aromatic amines is 1. The van der Waals surface area contributed by atoms with E-state index in [9.17, 15) is 4.79 Å². The summed E-state index contributed by atoms with van der Waals surface area (Å²) in [5.41, 5.74) is 2.16. The Morgan fingerprint density at radius 2 is 2.16 bits per heavy atom. The second-order valence-corrected chi connectivity index (χ2v) is 5.47. The predicted octanol–water partition coefficient (Wildman–Crippen LogP) is 2.27. The summed E-state index contributed by atoms with van der Waals surface area (Å²) < 4.78 is 0. The molecule has 1 aromatic carbocycles. The molecule has 2 unspecified atom stereocenters. The van der Waals surface area contributed by atoms with E-state index in [-0.39, 0.29) is 5.91 Å². The van der Waals surface area contributed by atoms with Gasteiger partial charge in [0.15, 0.2) is 0 Å². The van der Waals surface area contributed by atoms with Gasteiger partial charge in [0.25, 0.3) is 5.91 Å². The summed E-state index contributed by atoms with van der Waals surface area (Å²) in [5.74, 6) is 0.695. The molecular formula is C14H18N4O. The molecule has 0 aliphatic heterocycles. The van der Waals surface area contributed by atoms with Gasteiger partial charge >= 0.3 is 0 Å². The molecule has 0 radical (unpaired) electrons. The van der Waals surface area contributed by atoms with Crippen LogP contribution < -0.4 is 5.32 Å². The van der Waals surface area contributed by atoms with Gasteiger partial charge in [-0.3, -0.25) is 4.79 Å². The molecular weight excluding hydrogens is 240 g/mol. The molecule has 100 valence electrons. The number of nitrogens with one attached hydrogen (secondary N) is 2. The first kappa shape index (κ1) is 12.1. The minimum atomic E-state index is -0.0102. The first-order valence-corrected chi connectivity index (χ1v) is 6.84. The van der Waals surface area contributed by atoms with Crippen LogP contribution >= 0.6 is 0 Å². The molecule has 1 amide bonds. The van der Waals surface area contributed by atoms with E-state index in [4.69, 9.17) is 0 Å². The Labute approximate surface area is 111 Å². The number of benzene rings is 1. The molecule has 3 rings (SSSR count). The lowest BCUT2D eigenvalue weighted by atomic mass is 9.87. The van der Waals surface area contributed by atoms with Gasteiger partial charge in [0.2, 0.25) is 0 Å². The second kappa shape index (κ2) is 4.99. The van der Waals surface area contributed by atoms with Crippen molar-refractivity contribution in [3.05, 3.63) is 23.8 Å². The SMILES string of the molecule is CC1CCCC(NC(=O)c2ccc3n[nH]nc3c2)C1. The van der Waals surface area contributed by atoms with Crippen molar-refractivity contribution in [2.24, 2.45) is 5.92 Å². The molecule has 19 heavy (non-hydrogen) atoms. The zero-order valence-corrected chi connectivity index (χ0v) is 11.0. The first-order chi connectivity index (χ1) is 9.22. The van der Waals surface area contributed by atoms with Crippen LogP contribution in [0.1, 0.15) is 43.0 Å². The van der Waals surface area contributed by atoms with Crippen molar-refractivity contribution in [2.75, 3.05) is 0 Å². The second-order valence-electron chi connectivity index (χ2n) is 5.47. The first-order valence-electron chi connectivity index (χ1n) is 6.84. The summed E-state index contributed by atoms with van der Waals surface area (Å²) in [4.78, 5) is 12.2. The van der Waals surface area contributed by atoms with E-state index in [0.29, 0.717) is 17.5 Å². The number of fused-ring (bicyclic) bond motifs is 1. The lowest BCUT2D eigenvalue weighted by Gasteiger charge is -2.27. The summed E-state index contributed by atoms with van der Waals surface area (Å²) in [6.07, 6.45) is 4.64. The third kappa shape index (κ3) is 2.59. The number of hydrogen-bond donors (Lipinski definition) is 2. The summed E-state index contributed by atoms with van der Waals surface area (Å²) in [6, 6.07) is 5.70. The van der Waals surface area contributed by atoms with E-state index in [1.807, 2.05) is 6.07 Å². The Morgan fingerprint density at radius 3 is 3.00 bits per heavy atom. The normalized spacial score (nSPS) is 23.4. The number of amides is 1. The van der Waals surface area contributed by atoms with Gasteiger partial charge in [0.1, 0.15) is 11.0 Å². The molecule has 1 fully saturated rings. The van der Waals surface area contributed by atoms with Crippen molar-refractivity contribution in [3.63, 3.8) is 0 Å². The Kier molecular flexibility index (Phi) is 3.19. The van der Waals surface area contributed by atoms with Crippen molar-refractivity contribution in [3.8, 4) is 0 Å². The van der Waals surface area contributed by atoms with Crippen LogP contribution in [0, 0.1) is 5.92 Å². The van der Waals surface area contributed by atoms with E-state index < -0.39 is 0 Å². The van der Waals surface area contributed by atoms with Crippen LogP contribution in [-0.2, 0) is 0 Å². The average Bonchev–Trinajstić information content (AvgIpc) is 2.85. The van der Waals surface area contributed by atoms with Crippen LogP contribution in [0.4, 0.5) is 0 Å². The molecule has 1 aliphatic rings. The molecule has 5 nitrogen and oxygen atoms in total. The number of hydrogen-bond acceptors (Lipinski definition) is 3. The standard InChI is InChI=1S/C14H18N4O/c1-9-3-2-4-11(7-9)15-14(19)10-5-6-12-13(8-10)17-18-16-12/h5-6,8-9,11H,2-4,7H2,1H3,(H,15,19)(H,16,17,18). The zero-order chi connectivity index (χ0) is 13.2. The fourth-order valence-electron chi connectivity index (χ4n) is 2.82. The summed E-state index contributed by atoms with van der Waals surface area (Å²) in [6.45, 7) is 2.25. The van der Waals surface area contributed by atoms with Crippen LogP contribution in [0.5, 0.6) is 0 Å². The van der Waals surface area contributed by atoms with E-state index in [1.54, 1.807) is 12.1 Å². The molecule has 1 aliphatic carbocycles. The number of carbonyl (C=O) groups is 1. The van der Waals surface area contributed by atoms with E-state index >= 15 is 0 Å².